The van der Waals surface area contributed by atoms with Crippen molar-refractivity contribution in [2.45, 2.75) is 6.92 Å². The van der Waals surface area contributed by atoms with Crippen molar-refractivity contribution in [1.82, 2.24) is 15.2 Å². The lowest BCUT2D eigenvalue weighted by Crippen LogP contribution is -2.06. The van der Waals surface area contributed by atoms with Crippen LogP contribution in [0.5, 0.6) is 0 Å². The predicted molar refractivity (Wildman–Crippen MR) is 58.1 cm³/mol. The molecule has 1 aromatic carbocycles. The Morgan fingerprint density at radius 3 is 2.88 bits per heavy atom. The van der Waals surface area contributed by atoms with Crippen LogP contribution in [0.4, 0.5) is 4.39 Å². The van der Waals surface area contributed by atoms with Gasteiger partial charge < -0.3 is 4.42 Å². The highest BCUT2D eigenvalue weighted by molar-refractivity contribution is 6.00. The molecule has 5 nitrogen and oxygen atoms in total. The summed E-state index contributed by atoms with van der Waals surface area (Å²) in [4.78, 5) is 15.6. The monoisotopic (exact) mass is 231 g/mol. The molecule has 84 valence electrons. The van der Waals surface area contributed by atoms with Gasteiger partial charge in [-0.15, -0.1) is 10.2 Å². The summed E-state index contributed by atoms with van der Waals surface area (Å²) in [7, 11) is 0. The van der Waals surface area contributed by atoms with E-state index in [1.807, 2.05) is 0 Å². The van der Waals surface area contributed by atoms with Gasteiger partial charge in [0.1, 0.15) is 11.3 Å². The molecule has 0 amide bonds. The molecular formula is C11H6FN3O2. The van der Waals surface area contributed by atoms with Crippen LogP contribution in [0.2, 0.25) is 0 Å². The first kappa shape index (κ1) is 9.83. The van der Waals surface area contributed by atoms with Gasteiger partial charge in [0.15, 0.2) is 11.4 Å². The number of aromatic nitrogens is 3. The molecule has 3 rings (SSSR count). The molecule has 0 saturated carbocycles. The second-order valence-electron chi connectivity index (χ2n) is 3.58. The predicted octanol–water partition coefficient (Wildman–Crippen LogP) is 1.58. The smallest absolute Gasteiger partial charge is 0.367 e. The average molecular weight is 231 g/mol. The fraction of sp³-hybridized carbons (Fsp3) is 0.0909. The zero-order valence-electron chi connectivity index (χ0n) is 8.77. The molecule has 17 heavy (non-hydrogen) atoms. The van der Waals surface area contributed by atoms with Gasteiger partial charge in [0.2, 0.25) is 0 Å². The Kier molecular flexibility index (Phi) is 1.91. The van der Waals surface area contributed by atoms with E-state index in [1.54, 1.807) is 6.92 Å². The van der Waals surface area contributed by atoms with Crippen LogP contribution in [0.15, 0.2) is 27.4 Å². The zero-order valence-corrected chi connectivity index (χ0v) is 8.77. The van der Waals surface area contributed by atoms with E-state index in [0.29, 0.717) is 16.4 Å². The minimum atomic E-state index is -0.619. The van der Waals surface area contributed by atoms with Crippen molar-refractivity contribution in [3.63, 3.8) is 0 Å². The average Bonchev–Trinajstić information content (AvgIpc) is 2.28. The maximum Gasteiger partial charge on any atom is 0.367 e. The van der Waals surface area contributed by atoms with Crippen molar-refractivity contribution in [1.29, 1.82) is 0 Å². The SMILES string of the molecule is Cc1nc2c(nnc3ccc(F)cc32)c(=O)o1. The quantitative estimate of drug-likeness (QED) is 0.549. The molecule has 0 N–H and O–H groups in total. The van der Waals surface area contributed by atoms with E-state index >= 15 is 0 Å². The summed E-state index contributed by atoms with van der Waals surface area (Å²) in [6.45, 7) is 1.55. The largest absolute Gasteiger partial charge is 0.407 e. The van der Waals surface area contributed by atoms with Crippen LogP contribution >= 0.6 is 0 Å². The highest BCUT2D eigenvalue weighted by Gasteiger charge is 2.10. The molecule has 0 saturated heterocycles. The Balaban J connectivity index is 2.62. The first-order chi connectivity index (χ1) is 8.15. The Morgan fingerprint density at radius 1 is 1.24 bits per heavy atom. The van der Waals surface area contributed by atoms with E-state index in [9.17, 15) is 9.18 Å². The van der Waals surface area contributed by atoms with Crippen molar-refractivity contribution in [3.8, 4) is 0 Å². The van der Waals surface area contributed by atoms with E-state index in [1.165, 1.54) is 18.2 Å². The summed E-state index contributed by atoms with van der Waals surface area (Å²) in [5, 5.41) is 8.01. The van der Waals surface area contributed by atoms with Crippen LogP contribution in [0.25, 0.3) is 21.9 Å². The number of hydrogen-bond donors (Lipinski definition) is 0. The maximum absolute atomic E-state index is 13.2. The first-order valence-corrected chi connectivity index (χ1v) is 4.88. The number of hydrogen-bond acceptors (Lipinski definition) is 5. The summed E-state index contributed by atoms with van der Waals surface area (Å²) >= 11 is 0. The van der Waals surface area contributed by atoms with E-state index in [4.69, 9.17) is 4.42 Å². The van der Waals surface area contributed by atoms with Crippen molar-refractivity contribution in [3.05, 3.63) is 40.3 Å². The van der Waals surface area contributed by atoms with Crippen molar-refractivity contribution in [2.24, 2.45) is 0 Å². The van der Waals surface area contributed by atoms with Gasteiger partial charge in [-0.25, -0.2) is 14.2 Å². The van der Waals surface area contributed by atoms with E-state index in [-0.39, 0.29) is 11.4 Å². The molecule has 0 fully saturated rings. The number of aryl methyl sites for hydroxylation is 1. The van der Waals surface area contributed by atoms with Gasteiger partial charge in [-0.05, 0) is 18.2 Å². The molecule has 0 spiro atoms. The van der Waals surface area contributed by atoms with Gasteiger partial charge in [-0.2, -0.15) is 0 Å². The van der Waals surface area contributed by atoms with Crippen molar-refractivity contribution >= 4 is 21.9 Å². The molecule has 0 aliphatic heterocycles. The first-order valence-electron chi connectivity index (χ1n) is 4.88. The summed E-state index contributed by atoms with van der Waals surface area (Å²) < 4.78 is 18.0. The Bertz CT molecular complexity index is 798. The van der Waals surface area contributed by atoms with Crippen LogP contribution in [0.3, 0.4) is 0 Å². The fourth-order valence-corrected chi connectivity index (χ4v) is 1.68. The standard InChI is InChI=1S/C11H6FN3O2/c1-5-13-9-7-4-6(12)2-3-8(7)14-15-10(9)11(16)17-5/h2-4H,1H3. The van der Waals surface area contributed by atoms with E-state index in [0.717, 1.165) is 0 Å². The van der Waals surface area contributed by atoms with Gasteiger partial charge in [0.25, 0.3) is 0 Å². The Morgan fingerprint density at radius 2 is 2.06 bits per heavy atom. The minimum Gasteiger partial charge on any atom is -0.407 e. The summed E-state index contributed by atoms with van der Waals surface area (Å²) in [5.41, 5.74) is 0.180. The normalized spacial score (nSPS) is 11.2. The Hall–Kier alpha value is -2.37. The van der Waals surface area contributed by atoms with Crippen molar-refractivity contribution in [2.75, 3.05) is 0 Å². The third-order valence-electron chi connectivity index (χ3n) is 2.40. The van der Waals surface area contributed by atoms with Gasteiger partial charge >= 0.3 is 5.63 Å². The molecule has 0 unspecified atom stereocenters. The highest BCUT2D eigenvalue weighted by Crippen LogP contribution is 2.19. The van der Waals surface area contributed by atoms with Crippen LogP contribution in [0, 0.1) is 12.7 Å². The number of halogens is 1. The highest BCUT2D eigenvalue weighted by atomic mass is 19.1. The lowest BCUT2D eigenvalue weighted by Gasteiger charge is -2.00. The minimum absolute atomic E-state index is 0.00806. The van der Waals surface area contributed by atoms with Crippen LogP contribution in [0.1, 0.15) is 5.89 Å². The molecule has 0 bridgehead atoms. The van der Waals surface area contributed by atoms with Gasteiger partial charge in [0.05, 0.1) is 5.52 Å². The van der Waals surface area contributed by atoms with Gasteiger partial charge in [-0.1, -0.05) is 0 Å². The molecule has 3 aromatic rings. The summed E-state index contributed by atoms with van der Waals surface area (Å²) in [5.74, 6) is -0.208. The maximum atomic E-state index is 13.2. The number of nitrogens with zero attached hydrogens (tertiary/aromatic N) is 3. The van der Waals surface area contributed by atoms with Crippen LogP contribution in [-0.2, 0) is 0 Å². The van der Waals surface area contributed by atoms with E-state index < -0.39 is 11.4 Å². The third-order valence-corrected chi connectivity index (χ3v) is 2.40. The fourth-order valence-electron chi connectivity index (χ4n) is 1.68. The molecule has 0 aliphatic rings. The summed E-state index contributed by atoms with van der Waals surface area (Å²) in [6.07, 6.45) is 0. The molecule has 0 radical (unpaired) electrons. The lowest BCUT2D eigenvalue weighted by atomic mass is 10.2. The van der Waals surface area contributed by atoms with Crippen molar-refractivity contribution < 1.29 is 8.81 Å². The summed E-state index contributed by atoms with van der Waals surface area (Å²) in [6, 6.07) is 4.04. The second-order valence-corrected chi connectivity index (χ2v) is 3.58. The number of fused-ring (bicyclic) bond motifs is 3. The molecule has 2 aromatic heterocycles. The molecule has 0 atom stereocenters. The topological polar surface area (TPSA) is 68.9 Å². The number of benzene rings is 1. The van der Waals surface area contributed by atoms with Gasteiger partial charge in [0, 0.05) is 12.3 Å². The lowest BCUT2D eigenvalue weighted by molar-refractivity contribution is 0.465. The van der Waals surface area contributed by atoms with Crippen LogP contribution in [-0.4, -0.2) is 15.2 Å². The molecule has 6 heteroatoms. The third kappa shape index (κ3) is 1.45. The Labute approximate surface area is 93.9 Å². The molecule has 0 aliphatic carbocycles. The van der Waals surface area contributed by atoms with Gasteiger partial charge in [-0.3, -0.25) is 0 Å². The van der Waals surface area contributed by atoms with E-state index in [2.05, 4.69) is 15.2 Å². The molecule has 2 heterocycles. The second kappa shape index (κ2) is 3.31. The molecular weight excluding hydrogens is 225 g/mol. The number of rotatable bonds is 0. The zero-order chi connectivity index (χ0) is 12.0. The van der Waals surface area contributed by atoms with Crippen LogP contribution < -0.4 is 5.63 Å².